The molecule has 2 heterocycles. The van der Waals surface area contributed by atoms with Crippen LogP contribution in [0, 0.1) is 0 Å². The van der Waals surface area contributed by atoms with Gasteiger partial charge in [-0.15, -0.1) is 11.8 Å². The van der Waals surface area contributed by atoms with Crippen LogP contribution in [-0.2, 0) is 10.3 Å². The summed E-state index contributed by atoms with van der Waals surface area (Å²) in [6, 6.07) is 1.76. The summed E-state index contributed by atoms with van der Waals surface area (Å²) >= 11 is 1.56. The minimum absolute atomic E-state index is 0.572. The number of nitrogens with zero attached hydrogens (tertiary/aromatic N) is 4. The van der Waals surface area contributed by atoms with Gasteiger partial charge in [0, 0.05) is 18.6 Å². The monoisotopic (exact) mass is 292 g/mol. The molecule has 0 spiro atoms. The van der Waals surface area contributed by atoms with E-state index in [9.17, 15) is 4.79 Å². The number of thioether (sulfide) groups is 1. The fraction of sp³-hybridized carbons (Fsp3) is 0.429. The molecular weight excluding hydrogens is 272 g/mol. The highest BCUT2D eigenvalue weighted by atomic mass is 32.2. The quantitative estimate of drug-likeness (QED) is 0.640. The Hall–Kier alpha value is -1.69. The zero-order valence-electron chi connectivity index (χ0n) is 12.5. The lowest BCUT2D eigenvalue weighted by Gasteiger charge is -2.16. The van der Waals surface area contributed by atoms with Crippen LogP contribution >= 0.6 is 11.8 Å². The molecule has 0 fully saturated rings. The first-order valence-corrected chi connectivity index (χ1v) is 7.69. The van der Waals surface area contributed by atoms with E-state index in [1.165, 1.54) is 0 Å². The van der Waals surface area contributed by atoms with Gasteiger partial charge in [-0.3, -0.25) is 4.68 Å². The largest absolute Gasteiger partial charge is 0.301 e. The fourth-order valence-electron chi connectivity index (χ4n) is 1.43. The van der Waals surface area contributed by atoms with Crippen LogP contribution in [0.4, 0.5) is 0 Å². The minimum Gasteiger partial charge on any atom is -0.301 e. The van der Waals surface area contributed by atoms with Crippen LogP contribution in [0.5, 0.6) is 0 Å². The standard InChI is InChI=1S/C12H14N4OS.C2H6/c1-12(2,8-17)16-7-9(18-3)10(15-16)11-13-5-4-6-14-11;1-2/h4-8H,1-3H3;1-2H3. The third-order valence-corrected chi connectivity index (χ3v) is 3.30. The van der Waals surface area contributed by atoms with Crippen LogP contribution in [0.1, 0.15) is 27.7 Å². The molecule has 2 aromatic rings. The molecule has 0 aliphatic carbocycles. The first kappa shape index (κ1) is 16.4. The van der Waals surface area contributed by atoms with Crippen LogP contribution in [0.3, 0.4) is 0 Å². The summed E-state index contributed by atoms with van der Waals surface area (Å²) < 4.78 is 1.65. The van der Waals surface area contributed by atoms with Gasteiger partial charge in [0.1, 0.15) is 17.5 Å². The van der Waals surface area contributed by atoms with Crippen molar-refractivity contribution >= 4 is 18.0 Å². The SMILES string of the molecule is CC.CSc1cn(C(C)(C)C=O)nc1-c1ncccn1. The van der Waals surface area contributed by atoms with Gasteiger partial charge in [-0.25, -0.2) is 9.97 Å². The van der Waals surface area contributed by atoms with Gasteiger partial charge >= 0.3 is 0 Å². The Morgan fingerprint density at radius 2 is 1.85 bits per heavy atom. The molecule has 108 valence electrons. The summed E-state index contributed by atoms with van der Waals surface area (Å²) in [5.74, 6) is 0.572. The molecule has 0 radical (unpaired) electrons. The summed E-state index contributed by atoms with van der Waals surface area (Å²) in [7, 11) is 0. The Morgan fingerprint density at radius 1 is 1.25 bits per heavy atom. The second-order valence-electron chi connectivity index (χ2n) is 4.33. The normalized spacial score (nSPS) is 10.7. The highest BCUT2D eigenvalue weighted by molar-refractivity contribution is 7.98. The number of carbonyl (C=O) groups excluding carboxylic acids is 1. The average Bonchev–Trinajstić information content (AvgIpc) is 2.95. The van der Waals surface area contributed by atoms with Gasteiger partial charge < -0.3 is 4.79 Å². The van der Waals surface area contributed by atoms with Crippen molar-refractivity contribution in [3.63, 3.8) is 0 Å². The van der Waals surface area contributed by atoms with Crippen molar-refractivity contribution in [3.05, 3.63) is 24.7 Å². The Kier molecular flexibility index (Phi) is 5.88. The lowest BCUT2D eigenvalue weighted by molar-refractivity contribution is -0.114. The molecule has 0 atom stereocenters. The second-order valence-corrected chi connectivity index (χ2v) is 5.18. The molecule has 0 bridgehead atoms. The van der Waals surface area contributed by atoms with Crippen molar-refractivity contribution in [1.82, 2.24) is 19.7 Å². The smallest absolute Gasteiger partial charge is 0.181 e. The molecule has 2 aromatic heterocycles. The van der Waals surface area contributed by atoms with Crippen molar-refractivity contribution < 1.29 is 4.79 Å². The molecule has 2 rings (SSSR count). The second kappa shape index (κ2) is 7.19. The molecule has 0 aliphatic rings. The minimum atomic E-state index is -0.669. The van der Waals surface area contributed by atoms with Gasteiger partial charge in [0.2, 0.25) is 0 Å². The van der Waals surface area contributed by atoms with E-state index in [1.54, 1.807) is 34.9 Å². The number of hydrogen-bond donors (Lipinski definition) is 0. The van der Waals surface area contributed by atoms with Crippen LogP contribution in [-0.4, -0.2) is 32.3 Å². The summed E-state index contributed by atoms with van der Waals surface area (Å²) in [5, 5.41) is 4.43. The van der Waals surface area contributed by atoms with Crippen molar-refractivity contribution in [3.8, 4) is 11.5 Å². The van der Waals surface area contributed by atoms with E-state index in [0.29, 0.717) is 11.5 Å². The lowest BCUT2D eigenvalue weighted by Crippen LogP contribution is -2.28. The maximum Gasteiger partial charge on any atom is 0.181 e. The first-order valence-electron chi connectivity index (χ1n) is 6.46. The number of carbonyl (C=O) groups is 1. The fourth-order valence-corrected chi connectivity index (χ4v) is 1.96. The van der Waals surface area contributed by atoms with E-state index >= 15 is 0 Å². The van der Waals surface area contributed by atoms with E-state index < -0.39 is 5.54 Å². The highest BCUT2D eigenvalue weighted by Gasteiger charge is 2.23. The van der Waals surface area contributed by atoms with E-state index in [-0.39, 0.29) is 0 Å². The van der Waals surface area contributed by atoms with Crippen LogP contribution in [0.15, 0.2) is 29.6 Å². The molecule has 0 saturated heterocycles. The average molecular weight is 292 g/mol. The molecule has 20 heavy (non-hydrogen) atoms. The number of aldehydes is 1. The van der Waals surface area contributed by atoms with Crippen molar-refractivity contribution in [1.29, 1.82) is 0 Å². The van der Waals surface area contributed by atoms with Crippen LogP contribution in [0.25, 0.3) is 11.5 Å². The number of rotatable bonds is 4. The number of hydrogen-bond acceptors (Lipinski definition) is 5. The summed E-state index contributed by atoms with van der Waals surface area (Å²) in [4.78, 5) is 20.4. The Labute approximate surface area is 123 Å². The number of aromatic nitrogens is 4. The maximum atomic E-state index is 11.1. The van der Waals surface area contributed by atoms with Gasteiger partial charge in [-0.05, 0) is 26.2 Å². The molecular formula is C14H20N4OS. The predicted octanol–water partition coefficient (Wildman–Crippen LogP) is 3.02. The first-order chi connectivity index (χ1) is 9.58. The van der Waals surface area contributed by atoms with E-state index in [2.05, 4.69) is 15.1 Å². The zero-order valence-corrected chi connectivity index (χ0v) is 13.3. The molecule has 0 aromatic carbocycles. The third kappa shape index (κ3) is 3.45. The maximum absolute atomic E-state index is 11.1. The molecule has 0 saturated carbocycles. The summed E-state index contributed by atoms with van der Waals surface area (Å²) in [6.45, 7) is 7.62. The predicted molar refractivity (Wildman–Crippen MR) is 81.8 cm³/mol. The van der Waals surface area contributed by atoms with E-state index in [0.717, 1.165) is 11.2 Å². The Morgan fingerprint density at radius 3 is 2.35 bits per heavy atom. The highest BCUT2D eigenvalue weighted by Crippen LogP contribution is 2.28. The molecule has 6 heteroatoms. The van der Waals surface area contributed by atoms with Gasteiger partial charge in [0.05, 0.1) is 4.90 Å². The van der Waals surface area contributed by atoms with E-state index in [1.807, 2.05) is 40.1 Å². The Balaban J connectivity index is 0.000000956. The van der Waals surface area contributed by atoms with E-state index in [4.69, 9.17) is 0 Å². The van der Waals surface area contributed by atoms with Gasteiger partial charge in [0.15, 0.2) is 5.82 Å². The van der Waals surface area contributed by atoms with Crippen LogP contribution in [0.2, 0.25) is 0 Å². The Bertz CT molecular complexity index is 552. The third-order valence-electron chi connectivity index (χ3n) is 2.56. The van der Waals surface area contributed by atoms with Gasteiger partial charge in [0.25, 0.3) is 0 Å². The van der Waals surface area contributed by atoms with Gasteiger partial charge in [-0.1, -0.05) is 13.8 Å². The molecule has 5 nitrogen and oxygen atoms in total. The topological polar surface area (TPSA) is 60.7 Å². The molecule has 0 unspecified atom stereocenters. The molecule has 0 aliphatic heterocycles. The zero-order chi connectivity index (χ0) is 15.2. The van der Waals surface area contributed by atoms with Crippen molar-refractivity contribution in [2.45, 2.75) is 38.1 Å². The van der Waals surface area contributed by atoms with Crippen molar-refractivity contribution in [2.75, 3.05) is 6.26 Å². The summed E-state index contributed by atoms with van der Waals surface area (Å²) in [5.41, 5.74) is 0.0374. The molecule has 0 amide bonds. The van der Waals surface area contributed by atoms with Crippen LogP contribution < -0.4 is 0 Å². The molecule has 0 N–H and O–H groups in total. The lowest BCUT2D eigenvalue weighted by atomic mass is 10.1. The van der Waals surface area contributed by atoms with Gasteiger partial charge in [-0.2, -0.15) is 5.10 Å². The summed E-state index contributed by atoms with van der Waals surface area (Å²) in [6.07, 6.45) is 8.04. The van der Waals surface area contributed by atoms with Crippen molar-refractivity contribution in [2.24, 2.45) is 0 Å².